The van der Waals surface area contributed by atoms with Crippen molar-refractivity contribution >= 4 is 39.7 Å². The monoisotopic (exact) mass is 502 g/mol. The molecule has 9 heteroatoms. The van der Waals surface area contributed by atoms with E-state index in [1.807, 2.05) is 29.8 Å². The predicted octanol–water partition coefficient (Wildman–Crippen LogP) is 4.22. The van der Waals surface area contributed by atoms with Crippen LogP contribution in [0.1, 0.15) is 17.0 Å². The van der Waals surface area contributed by atoms with Crippen LogP contribution >= 0.6 is 27.7 Å². The fourth-order valence-corrected chi connectivity index (χ4v) is 3.86. The maximum atomic E-state index is 12.2. The van der Waals surface area contributed by atoms with Crippen LogP contribution in [0.4, 0.5) is 0 Å². The van der Waals surface area contributed by atoms with Crippen LogP contribution in [-0.4, -0.2) is 34.9 Å². The summed E-state index contributed by atoms with van der Waals surface area (Å²) in [5.41, 5.74) is 2.03. The largest absolute Gasteiger partial charge is 0.493 e. The first-order valence-electron chi connectivity index (χ1n) is 9.43. The van der Waals surface area contributed by atoms with Gasteiger partial charge in [0, 0.05) is 23.3 Å². The highest BCUT2D eigenvalue weighted by Crippen LogP contribution is 2.28. The zero-order chi connectivity index (χ0) is 22.2. The zero-order valence-corrected chi connectivity index (χ0v) is 19.9. The van der Waals surface area contributed by atoms with Gasteiger partial charge in [-0.2, -0.15) is 0 Å². The number of thioether (sulfide) groups is 1. The van der Waals surface area contributed by atoms with Crippen molar-refractivity contribution in [3.63, 3.8) is 0 Å². The van der Waals surface area contributed by atoms with Crippen molar-refractivity contribution in [3.05, 3.63) is 70.0 Å². The molecule has 0 saturated carbocycles. The Morgan fingerprint density at radius 2 is 1.87 bits per heavy atom. The lowest BCUT2D eigenvalue weighted by Gasteiger charge is -2.07. The molecule has 0 aliphatic carbocycles. The van der Waals surface area contributed by atoms with Gasteiger partial charge < -0.3 is 19.4 Å². The van der Waals surface area contributed by atoms with Gasteiger partial charge in [0.1, 0.15) is 0 Å². The van der Waals surface area contributed by atoms with E-state index in [0.717, 1.165) is 20.9 Å². The molecule has 0 spiro atoms. The van der Waals surface area contributed by atoms with E-state index in [4.69, 9.17) is 9.47 Å². The number of carbonyl (C=O) groups excluding carboxylic acids is 1. The summed E-state index contributed by atoms with van der Waals surface area (Å²) in [4.78, 5) is 12.2. The summed E-state index contributed by atoms with van der Waals surface area (Å²) >= 11 is 5.04. The van der Waals surface area contributed by atoms with Crippen molar-refractivity contribution in [2.24, 2.45) is 7.05 Å². The summed E-state index contributed by atoms with van der Waals surface area (Å²) in [6.45, 7) is 0.289. The molecule has 1 heterocycles. The first-order valence-corrected chi connectivity index (χ1v) is 11.2. The van der Waals surface area contributed by atoms with Gasteiger partial charge in [-0.3, -0.25) is 4.79 Å². The van der Waals surface area contributed by atoms with Gasteiger partial charge in [0.15, 0.2) is 22.5 Å². The average molecular weight is 503 g/mol. The minimum Gasteiger partial charge on any atom is -0.493 e. The van der Waals surface area contributed by atoms with Gasteiger partial charge in [0.05, 0.1) is 20.8 Å². The Morgan fingerprint density at radius 1 is 1.13 bits per heavy atom. The number of halogens is 1. The van der Waals surface area contributed by atoms with E-state index in [1.54, 1.807) is 44.2 Å². The van der Waals surface area contributed by atoms with Crippen LogP contribution in [0.2, 0.25) is 0 Å². The molecule has 0 aliphatic heterocycles. The van der Waals surface area contributed by atoms with Crippen molar-refractivity contribution in [2.75, 3.05) is 14.2 Å². The normalized spacial score (nSPS) is 11.0. The van der Waals surface area contributed by atoms with E-state index >= 15 is 0 Å². The SMILES string of the molecule is COc1ccc(C=CC(=O)NCc2nnc(SCc3ccc(Br)cc3)n2C)cc1OC. The zero-order valence-electron chi connectivity index (χ0n) is 17.5. The number of amides is 1. The summed E-state index contributed by atoms with van der Waals surface area (Å²) < 4.78 is 13.4. The topological polar surface area (TPSA) is 78.3 Å². The van der Waals surface area contributed by atoms with E-state index in [-0.39, 0.29) is 12.5 Å². The van der Waals surface area contributed by atoms with Gasteiger partial charge in [-0.05, 0) is 41.5 Å². The van der Waals surface area contributed by atoms with Gasteiger partial charge in [-0.15, -0.1) is 10.2 Å². The Labute approximate surface area is 194 Å². The summed E-state index contributed by atoms with van der Waals surface area (Å²) in [6, 6.07) is 13.6. The third-order valence-corrected chi connectivity index (χ3v) is 6.08. The van der Waals surface area contributed by atoms with Gasteiger partial charge in [-0.1, -0.05) is 45.9 Å². The molecule has 0 aliphatic rings. The molecule has 1 amide bonds. The summed E-state index contributed by atoms with van der Waals surface area (Å²) in [5, 5.41) is 12.1. The van der Waals surface area contributed by atoms with Crippen LogP contribution in [0.25, 0.3) is 6.08 Å². The lowest BCUT2D eigenvalue weighted by atomic mass is 10.2. The van der Waals surface area contributed by atoms with Gasteiger partial charge in [0.2, 0.25) is 5.91 Å². The average Bonchev–Trinajstić information content (AvgIpc) is 3.14. The second-order valence-electron chi connectivity index (χ2n) is 6.54. The highest BCUT2D eigenvalue weighted by atomic mass is 79.9. The summed E-state index contributed by atoms with van der Waals surface area (Å²) in [5.74, 6) is 2.50. The molecule has 1 N–H and O–H groups in total. The van der Waals surface area contributed by atoms with Crippen LogP contribution in [0, 0.1) is 0 Å². The third kappa shape index (κ3) is 6.35. The van der Waals surface area contributed by atoms with Crippen molar-refractivity contribution in [1.82, 2.24) is 20.1 Å². The highest BCUT2D eigenvalue weighted by Gasteiger charge is 2.10. The predicted molar refractivity (Wildman–Crippen MR) is 125 cm³/mol. The van der Waals surface area contributed by atoms with Crippen LogP contribution in [0.3, 0.4) is 0 Å². The number of ether oxygens (including phenoxy) is 2. The lowest BCUT2D eigenvalue weighted by Crippen LogP contribution is -2.22. The molecule has 7 nitrogen and oxygen atoms in total. The Balaban J connectivity index is 1.53. The van der Waals surface area contributed by atoms with Gasteiger partial charge in [-0.25, -0.2) is 0 Å². The van der Waals surface area contributed by atoms with E-state index in [0.29, 0.717) is 17.3 Å². The second-order valence-corrected chi connectivity index (χ2v) is 8.40. The minimum absolute atomic E-state index is 0.221. The van der Waals surface area contributed by atoms with Crippen molar-refractivity contribution in [3.8, 4) is 11.5 Å². The molecular formula is C22H23BrN4O3S. The molecule has 2 aromatic carbocycles. The first-order chi connectivity index (χ1) is 15.0. The molecule has 0 saturated heterocycles. The van der Waals surface area contributed by atoms with Gasteiger partial charge in [0.25, 0.3) is 0 Å². The number of rotatable bonds is 9. The maximum absolute atomic E-state index is 12.2. The van der Waals surface area contributed by atoms with Crippen molar-refractivity contribution in [1.29, 1.82) is 0 Å². The smallest absolute Gasteiger partial charge is 0.244 e. The Morgan fingerprint density at radius 3 is 2.58 bits per heavy atom. The number of aromatic nitrogens is 3. The Kier molecular flexibility index (Phi) is 8.13. The third-order valence-electron chi connectivity index (χ3n) is 4.46. The fourth-order valence-electron chi connectivity index (χ4n) is 2.71. The molecule has 0 radical (unpaired) electrons. The first kappa shape index (κ1) is 22.9. The molecule has 31 heavy (non-hydrogen) atoms. The Bertz CT molecular complexity index is 1070. The fraction of sp³-hybridized carbons (Fsp3) is 0.227. The van der Waals surface area contributed by atoms with Crippen molar-refractivity contribution < 1.29 is 14.3 Å². The molecule has 0 bridgehead atoms. The number of nitrogens with zero attached hydrogens (tertiary/aromatic N) is 3. The lowest BCUT2D eigenvalue weighted by molar-refractivity contribution is -0.116. The number of benzene rings is 2. The van der Waals surface area contributed by atoms with Crippen molar-refractivity contribution in [2.45, 2.75) is 17.5 Å². The van der Waals surface area contributed by atoms with E-state index in [9.17, 15) is 4.79 Å². The highest BCUT2D eigenvalue weighted by molar-refractivity contribution is 9.10. The number of nitrogens with one attached hydrogen (secondary N) is 1. The van der Waals surface area contributed by atoms with E-state index in [1.165, 1.54) is 11.6 Å². The second kappa shape index (κ2) is 11.0. The molecule has 0 fully saturated rings. The quantitative estimate of drug-likeness (QED) is 0.348. The molecule has 0 atom stereocenters. The maximum Gasteiger partial charge on any atom is 0.244 e. The summed E-state index contributed by atoms with van der Waals surface area (Å²) in [6.07, 6.45) is 3.19. The molecule has 162 valence electrons. The molecule has 0 unspecified atom stereocenters. The molecular weight excluding hydrogens is 480 g/mol. The molecule has 3 aromatic rings. The molecule has 3 rings (SSSR count). The van der Waals surface area contributed by atoms with Crippen LogP contribution in [-0.2, 0) is 24.1 Å². The van der Waals surface area contributed by atoms with Crippen LogP contribution in [0.15, 0.2) is 58.2 Å². The summed E-state index contributed by atoms with van der Waals surface area (Å²) in [7, 11) is 5.05. The minimum atomic E-state index is -0.221. The number of hydrogen-bond donors (Lipinski definition) is 1. The van der Waals surface area contributed by atoms with E-state index in [2.05, 4.69) is 43.6 Å². The standard InChI is InChI=1S/C22H23BrN4O3S/c1-27-20(25-26-22(27)31-14-16-4-8-17(23)9-5-16)13-24-21(28)11-7-15-6-10-18(29-2)19(12-15)30-3/h4-12H,13-14H2,1-3H3,(H,24,28). The van der Waals surface area contributed by atoms with Crippen LogP contribution in [0.5, 0.6) is 11.5 Å². The number of hydrogen-bond acceptors (Lipinski definition) is 6. The molecule has 1 aromatic heterocycles. The van der Waals surface area contributed by atoms with Crippen LogP contribution < -0.4 is 14.8 Å². The Hall–Kier alpha value is -2.78. The number of methoxy groups -OCH3 is 2. The van der Waals surface area contributed by atoms with Gasteiger partial charge >= 0.3 is 0 Å². The number of carbonyl (C=O) groups is 1. The van der Waals surface area contributed by atoms with E-state index < -0.39 is 0 Å².